The van der Waals surface area contributed by atoms with Crippen molar-refractivity contribution < 1.29 is 28.3 Å². The van der Waals surface area contributed by atoms with E-state index in [2.05, 4.69) is 5.32 Å². The fourth-order valence-electron chi connectivity index (χ4n) is 1.28. The molecule has 0 radical (unpaired) electrons. The number of carbonyl (C=O) groups is 3. The lowest BCUT2D eigenvalue weighted by Gasteiger charge is -2.14. The van der Waals surface area contributed by atoms with Crippen molar-refractivity contribution in [1.29, 1.82) is 0 Å². The van der Waals surface area contributed by atoms with Gasteiger partial charge in [0.1, 0.15) is 0 Å². The second-order valence-electron chi connectivity index (χ2n) is 3.39. The summed E-state index contributed by atoms with van der Waals surface area (Å²) in [6.07, 6.45) is 1.30. The zero-order valence-corrected chi connectivity index (χ0v) is 10.7. The predicted octanol–water partition coefficient (Wildman–Crippen LogP) is 0.504. The van der Waals surface area contributed by atoms with Crippen LogP contribution in [0.5, 0.6) is 0 Å². The Hall–Kier alpha value is -2.31. The first kappa shape index (κ1) is 14.7. The third kappa shape index (κ3) is 4.13. The molecular weight excluding hydrogens is 254 g/mol. The van der Waals surface area contributed by atoms with Crippen LogP contribution in [-0.2, 0) is 19.1 Å². The number of hydrogen-bond acceptors (Lipinski definition) is 6. The van der Waals surface area contributed by atoms with Gasteiger partial charge in [-0.2, -0.15) is 0 Å². The smallest absolute Gasteiger partial charge is 0.340 e. The Kier molecular flexibility index (Phi) is 5.59. The number of furan rings is 1. The Labute approximate surface area is 109 Å². The van der Waals surface area contributed by atoms with Crippen molar-refractivity contribution in [3.63, 3.8) is 0 Å². The van der Waals surface area contributed by atoms with E-state index >= 15 is 0 Å². The largest absolute Gasteiger partial charge is 0.464 e. The summed E-state index contributed by atoms with van der Waals surface area (Å²) in [5.41, 5.74) is 0. The molecule has 0 aromatic carbocycles. The van der Waals surface area contributed by atoms with Gasteiger partial charge in [-0.25, -0.2) is 9.59 Å². The molecule has 1 heterocycles. The van der Waals surface area contributed by atoms with Gasteiger partial charge in [0.25, 0.3) is 5.91 Å². The molecule has 0 aliphatic heterocycles. The summed E-state index contributed by atoms with van der Waals surface area (Å²) in [7, 11) is 0. The number of esters is 2. The monoisotopic (exact) mass is 269 g/mol. The molecular formula is C12H15NO6. The average molecular weight is 269 g/mol. The summed E-state index contributed by atoms with van der Waals surface area (Å²) in [6, 6.07) is 1.42. The Morgan fingerprint density at radius 1 is 1.21 bits per heavy atom. The summed E-state index contributed by atoms with van der Waals surface area (Å²) in [5, 5.41) is 2.21. The van der Waals surface area contributed by atoms with E-state index in [1.54, 1.807) is 13.8 Å². The molecule has 0 aliphatic carbocycles. The van der Waals surface area contributed by atoms with Gasteiger partial charge in [-0.05, 0) is 26.0 Å². The number of ether oxygens (including phenoxy) is 2. The van der Waals surface area contributed by atoms with E-state index in [9.17, 15) is 14.4 Å². The molecule has 1 rings (SSSR count). The van der Waals surface area contributed by atoms with Crippen LogP contribution in [0.1, 0.15) is 24.4 Å². The molecule has 0 unspecified atom stereocenters. The maximum absolute atomic E-state index is 11.7. The van der Waals surface area contributed by atoms with E-state index in [0.29, 0.717) is 0 Å². The van der Waals surface area contributed by atoms with E-state index in [1.165, 1.54) is 18.4 Å². The van der Waals surface area contributed by atoms with Gasteiger partial charge in [0, 0.05) is 0 Å². The van der Waals surface area contributed by atoms with Crippen LogP contribution >= 0.6 is 0 Å². The maximum Gasteiger partial charge on any atom is 0.340 e. The number of amides is 1. The highest BCUT2D eigenvalue weighted by Gasteiger charge is 2.32. The first-order chi connectivity index (χ1) is 9.10. The van der Waals surface area contributed by atoms with Crippen LogP contribution in [0, 0.1) is 0 Å². The minimum atomic E-state index is -1.50. The molecule has 0 saturated heterocycles. The third-order valence-electron chi connectivity index (χ3n) is 2.06. The van der Waals surface area contributed by atoms with E-state index < -0.39 is 23.9 Å². The fourth-order valence-corrected chi connectivity index (χ4v) is 1.28. The van der Waals surface area contributed by atoms with Crippen LogP contribution in [0.2, 0.25) is 0 Å². The summed E-state index contributed by atoms with van der Waals surface area (Å²) in [5.74, 6) is -2.46. The Morgan fingerprint density at radius 2 is 1.79 bits per heavy atom. The lowest BCUT2D eigenvalue weighted by molar-refractivity contribution is -0.157. The van der Waals surface area contributed by atoms with Crippen molar-refractivity contribution in [2.75, 3.05) is 13.2 Å². The Balaban J connectivity index is 2.76. The van der Waals surface area contributed by atoms with Gasteiger partial charge in [0.2, 0.25) is 6.04 Å². The average Bonchev–Trinajstić information content (AvgIpc) is 2.90. The van der Waals surface area contributed by atoms with Crippen molar-refractivity contribution in [2.45, 2.75) is 19.9 Å². The summed E-state index contributed by atoms with van der Waals surface area (Å²) in [6.45, 7) is 3.36. The zero-order valence-electron chi connectivity index (χ0n) is 10.7. The quantitative estimate of drug-likeness (QED) is 0.597. The number of carbonyl (C=O) groups excluding carboxylic acids is 3. The molecule has 19 heavy (non-hydrogen) atoms. The molecule has 1 aromatic heterocycles. The molecule has 0 atom stereocenters. The highest BCUT2D eigenvalue weighted by molar-refractivity contribution is 6.04. The van der Waals surface area contributed by atoms with Crippen molar-refractivity contribution in [3.05, 3.63) is 24.2 Å². The van der Waals surface area contributed by atoms with E-state index in [4.69, 9.17) is 13.9 Å². The van der Waals surface area contributed by atoms with Crippen LogP contribution in [0.4, 0.5) is 0 Å². The van der Waals surface area contributed by atoms with Gasteiger partial charge in [-0.1, -0.05) is 0 Å². The summed E-state index contributed by atoms with van der Waals surface area (Å²) < 4.78 is 14.3. The Morgan fingerprint density at radius 3 is 2.21 bits per heavy atom. The van der Waals surface area contributed by atoms with Crippen molar-refractivity contribution in [2.24, 2.45) is 0 Å². The molecule has 7 heteroatoms. The number of hydrogen-bond donors (Lipinski definition) is 1. The molecule has 1 amide bonds. The molecule has 0 spiro atoms. The molecule has 104 valence electrons. The van der Waals surface area contributed by atoms with E-state index in [0.717, 1.165) is 0 Å². The minimum Gasteiger partial charge on any atom is -0.464 e. The predicted molar refractivity (Wildman–Crippen MR) is 63.2 cm³/mol. The Bertz CT molecular complexity index is 421. The molecule has 1 N–H and O–H groups in total. The summed E-state index contributed by atoms with van der Waals surface area (Å²) >= 11 is 0. The lowest BCUT2D eigenvalue weighted by Crippen LogP contribution is -2.48. The van der Waals surface area contributed by atoms with Crippen molar-refractivity contribution in [1.82, 2.24) is 5.32 Å². The van der Waals surface area contributed by atoms with Gasteiger partial charge in [0.05, 0.1) is 19.5 Å². The van der Waals surface area contributed by atoms with Gasteiger partial charge in [-0.15, -0.1) is 0 Å². The number of rotatable bonds is 6. The van der Waals surface area contributed by atoms with Gasteiger partial charge < -0.3 is 19.2 Å². The van der Waals surface area contributed by atoms with Crippen LogP contribution in [0.3, 0.4) is 0 Å². The van der Waals surface area contributed by atoms with Crippen LogP contribution in [0.15, 0.2) is 22.8 Å². The van der Waals surface area contributed by atoms with Crippen LogP contribution in [-0.4, -0.2) is 37.1 Å². The lowest BCUT2D eigenvalue weighted by atomic mass is 10.3. The van der Waals surface area contributed by atoms with E-state index in [-0.39, 0.29) is 19.0 Å². The summed E-state index contributed by atoms with van der Waals surface area (Å²) in [4.78, 5) is 34.9. The molecule has 0 fully saturated rings. The highest BCUT2D eigenvalue weighted by atomic mass is 16.6. The SMILES string of the molecule is CCOC(=O)C(NC(=O)c1ccco1)C(=O)OCC. The first-order valence-electron chi connectivity index (χ1n) is 5.77. The van der Waals surface area contributed by atoms with Gasteiger partial charge >= 0.3 is 11.9 Å². The zero-order chi connectivity index (χ0) is 14.3. The highest BCUT2D eigenvalue weighted by Crippen LogP contribution is 2.02. The molecule has 7 nitrogen and oxygen atoms in total. The van der Waals surface area contributed by atoms with Crippen LogP contribution in [0.25, 0.3) is 0 Å². The van der Waals surface area contributed by atoms with Crippen molar-refractivity contribution in [3.8, 4) is 0 Å². The van der Waals surface area contributed by atoms with Crippen molar-refractivity contribution >= 4 is 17.8 Å². The molecule has 0 saturated carbocycles. The normalized spacial score (nSPS) is 10.1. The van der Waals surface area contributed by atoms with Gasteiger partial charge in [-0.3, -0.25) is 4.79 Å². The standard InChI is InChI=1S/C12H15NO6/c1-3-17-11(15)9(12(16)18-4-2)13-10(14)8-6-5-7-19-8/h5-7,9H,3-4H2,1-2H3,(H,13,14). The van der Waals surface area contributed by atoms with Gasteiger partial charge in [0.15, 0.2) is 5.76 Å². The second-order valence-corrected chi connectivity index (χ2v) is 3.39. The molecule has 1 aromatic rings. The van der Waals surface area contributed by atoms with E-state index in [1.807, 2.05) is 0 Å². The molecule has 0 bridgehead atoms. The molecule has 0 aliphatic rings. The fraction of sp³-hybridized carbons (Fsp3) is 0.417. The first-order valence-corrected chi connectivity index (χ1v) is 5.77. The third-order valence-corrected chi connectivity index (χ3v) is 2.06. The topological polar surface area (TPSA) is 94.8 Å². The maximum atomic E-state index is 11.7. The van der Waals surface area contributed by atoms with Crippen LogP contribution < -0.4 is 5.32 Å². The number of nitrogens with one attached hydrogen (secondary N) is 1. The second kappa shape index (κ2) is 7.20. The minimum absolute atomic E-state index is 0.0152.